The minimum Gasteiger partial charge on any atom is -0.347 e. The summed E-state index contributed by atoms with van der Waals surface area (Å²) >= 11 is 7.24. The molecule has 0 aliphatic heterocycles. The molecule has 8 heteroatoms. The van der Waals surface area contributed by atoms with Crippen LogP contribution in [0.1, 0.15) is 26.4 Å². The average Bonchev–Trinajstić information content (AvgIpc) is 3.29. The molecular weight excluding hydrogens is 420 g/mol. The number of rotatable bonds is 6. The predicted molar refractivity (Wildman–Crippen MR) is 120 cm³/mol. The van der Waals surface area contributed by atoms with Gasteiger partial charge in [-0.05, 0) is 36.2 Å². The van der Waals surface area contributed by atoms with Crippen LogP contribution in [0.3, 0.4) is 0 Å². The first-order chi connectivity index (χ1) is 14.5. The van der Waals surface area contributed by atoms with Gasteiger partial charge in [-0.1, -0.05) is 53.6 Å². The van der Waals surface area contributed by atoms with Crippen molar-refractivity contribution in [2.24, 2.45) is 0 Å². The summed E-state index contributed by atoms with van der Waals surface area (Å²) in [5.41, 5.74) is 3.02. The highest BCUT2D eigenvalue weighted by molar-refractivity contribution is 7.20. The number of aryl methyl sites for hydroxylation is 1. The highest BCUT2D eigenvalue weighted by Gasteiger charge is 2.16. The van der Waals surface area contributed by atoms with Gasteiger partial charge in [0.25, 0.3) is 5.91 Å². The Bertz CT molecular complexity index is 1210. The van der Waals surface area contributed by atoms with Gasteiger partial charge >= 0.3 is 0 Å². The first-order valence-corrected chi connectivity index (χ1v) is 10.5. The Hall–Kier alpha value is -3.16. The van der Waals surface area contributed by atoms with Crippen LogP contribution < -0.4 is 10.6 Å². The zero-order valence-electron chi connectivity index (χ0n) is 16.2. The van der Waals surface area contributed by atoms with E-state index in [4.69, 9.17) is 11.6 Å². The Morgan fingerprint density at radius 2 is 1.90 bits per heavy atom. The number of nitrogens with one attached hydrogen (secondary N) is 3. The molecule has 0 radical (unpaired) electrons. The van der Waals surface area contributed by atoms with E-state index >= 15 is 0 Å². The van der Waals surface area contributed by atoms with E-state index < -0.39 is 0 Å². The number of amides is 2. The van der Waals surface area contributed by atoms with Crippen LogP contribution in [0.2, 0.25) is 5.02 Å². The standard InChI is InChI=1S/C22H19ClN4O2S/c1-13-5-7-14(8-6-13)12-24-21(29)18-11-17-20(26-27-22(17)30-18)25-19(28)10-15-3-2-4-16(23)9-15/h2-9,11H,10,12H2,1H3,(H,24,29)(H2,25,26,27,28). The van der Waals surface area contributed by atoms with Crippen molar-refractivity contribution in [1.82, 2.24) is 15.5 Å². The van der Waals surface area contributed by atoms with E-state index in [1.807, 2.05) is 37.3 Å². The molecule has 0 bridgehead atoms. The Labute approximate surface area is 182 Å². The van der Waals surface area contributed by atoms with Crippen LogP contribution in [0.15, 0.2) is 54.6 Å². The number of halogens is 1. The third kappa shape index (κ3) is 4.69. The van der Waals surface area contributed by atoms with E-state index in [2.05, 4.69) is 20.8 Å². The lowest BCUT2D eigenvalue weighted by atomic mass is 10.1. The summed E-state index contributed by atoms with van der Waals surface area (Å²) < 4.78 is 0. The number of aromatic nitrogens is 2. The maximum atomic E-state index is 12.5. The number of aromatic amines is 1. The van der Waals surface area contributed by atoms with Crippen LogP contribution >= 0.6 is 22.9 Å². The molecule has 0 spiro atoms. The van der Waals surface area contributed by atoms with Crippen molar-refractivity contribution >= 4 is 50.8 Å². The third-order valence-corrected chi connectivity index (χ3v) is 5.83. The van der Waals surface area contributed by atoms with Crippen molar-refractivity contribution in [3.8, 4) is 0 Å². The van der Waals surface area contributed by atoms with E-state index in [0.717, 1.165) is 11.1 Å². The molecule has 0 saturated carbocycles. The highest BCUT2D eigenvalue weighted by atomic mass is 35.5. The van der Waals surface area contributed by atoms with Crippen molar-refractivity contribution in [2.75, 3.05) is 5.32 Å². The number of carbonyl (C=O) groups is 2. The molecule has 0 aliphatic carbocycles. The van der Waals surface area contributed by atoms with Crippen LogP contribution in [0.4, 0.5) is 5.82 Å². The number of carbonyl (C=O) groups excluding carboxylic acids is 2. The van der Waals surface area contributed by atoms with Crippen LogP contribution in [0, 0.1) is 6.92 Å². The number of H-pyrrole nitrogens is 1. The van der Waals surface area contributed by atoms with E-state index in [0.29, 0.717) is 32.5 Å². The molecule has 3 N–H and O–H groups in total. The maximum absolute atomic E-state index is 12.5. The zero-order valence-corrected chi connectivity index (χ0v) is 17.7. The number of thiophene rings is 1. The molecular formula is C22H19ClN4O2S. The van der Waals surface area contributed by atoms with Gasteiger partial charge in [-0.3, -0.25) is 14.7 Å². The molecule has 2 heterocycles. The fourth-order valence-corrected chi connectivity index (χ4v) is 4.13. The average molecular weight is 439 g/mol. The number of hydrogen-bond acceptors (Lipinski definition) is 4. The van der Waals surface area contributed by atoms with Crippen molar-refractivity contribution in [3.05, 3.63) is 81.2 Å². The smallest absolute Gasteiger partial charge is 0.261 e. The highest BCUT2D eigenvalue weighted by Crippen LogP contribution is 2.29. The quantitative estimate of drug-likeness (QED) is 0.408. The largest absolute Gasteiger partial charge is 0.347 e. The van der Waals surface area contributed by atoms with Gasteiger partial charge in [-0.2, -0.15) is 5.10 Å². The molecule has 2 aromatic heterocycles. The monoisotopic (exact) mass is 438 g/mol. The van der Waals surface area contributed by atoms with E-state index in [-0.39, 0.29) is 18.2 Å². The van der Waals surface area contributed by atoms with Crippen LogP contribution in [0.25, 0.3) is 10.2 Å². The summed E-state index contributed by atoms with van der Waals surface area (Å²) in [6.45, 7) is 2.47. The van der Waals surface area contributed by atoms with Gasteiger partial charge in [0.2, 0.25) is 5.91 Å². The summed E-state index contributed by atoms with van der Waals surface area (Å²) in [6.07, 6.45) is 0.190. The fraction of sp³-hybridized carbons (Fsp3) is 0.136. The van der Waals surface area contributed by atoms with Gasteiger partial charge in [-0.15, -0.1) is 11.3 Å². The first-order valence-electron chi connectivity index (χ1n) is 9.34. The number of hydrogen-bond donors (Lipinski definition) is 3. The first kappa shape index (κ1) is 20.1. The van der Waals surface area contributed by atoms with E-state index in [1.165, 1.54) is 16.9 Å². The number of nitrogens with zero attached hydrogens (tertiary/aromatic N) is 1. The summed E-state index contributed by atoms with van der Waals surface area (Å²) in [5, 5.41) is 14.1. The lowest BCUT2D eigenvalue weighted by Crippen LogP contribution is -2.21. The molecule has 0 unspecified atom stereocenters. The number of benzene rings is 2. The van der Waals surface area contributed by atoms with Gasteiger partial charge in [0.05, 0.1) is 16.7 Å². The normalized spacial score (nSPS) is 10.9. The Morgan fingerprint density at radius 3 is 2.67 bits per heavy atom. The second-order valence-electron chi connectivity index (χ2n) is 6.95. The second-order valence-corrected chi connectivity index (χ2v) is 8.42. The minimum absolute atomic E-state index is 0.172. The predicted octanol–water partition coefficient (Wildman–Crippen LogP) is 4.70. The molecule has 6 nitrogen and oxygen atoms in total. The van der Waals surface area contributed by atoms with E-state index in [9.17, 15) is 9.59 Å². The second kappa shape index (κ2) is 8.69. The molecule has 30 heavy (non-hydrogen) atoms. The Kier molecular flexibility index (Phi) is 5.83. The van der Waals surface area contributed by atoms with Gasteiger partial charge in [0, 0.05) is 11.6 Å². The molecule has 4 rings (SSSR count). The van der Waals surface area contributed by atoms with Crippen LogP contribution in [-0.4, -0.2) is 22.0 Å². The summed E-state index contributed by atoms with van der Waals surface area (Å²) in [4.78, 5) is 26.1. The van der Waals surface area contributed by atoms with Gasteiger partial charge in [0.1, 0.15) is 10.6 Å². The molecule has 0 saturated heterocycles. The molecule has 0 fully saturated rings. The Balaban J connectivity index is 1.42. The summed E-state index contributed by atoms with van der Waals surface area (Å²) in [7, 11) is 0. The van der Waals surface area contributed by atoms with Crippen molar-refractivity contribution < 1.29 is 9.59 Å². The summed E-state index contributed by atoms with van der Waals surface area (Å²) in [6, 6.07) is 16.9. The lowest BCUT2D eigenvalue weighted by molar-refractivity contribution is -0.115. The minimum atomic E-state index is -0.195. The third-order valence-electron chi connectivity index (χ3n) is 4.57. The van der Waals surface area contributed by atoms with Crippen LogP contribution in [0.5, 0.6) is 0 Å². The van der Waals surface area contributed by atoms with Gasteiger partial charge in [-0.25, -0.2) is 0 Å². The Morgan fingerprint density at radius 1 is 1.10 bits per heavy atom. The van der Waals surface area contributed by atoms with Crippen molar-refractivity contribution in [3.63, 3.8) is 0 Å². The van der Waals surface area contributed by atoms with Crippen molar-refractivity contribution in [2.45, 2.75) is 19.9 Å². The fourth-order valence-electron chi connectivity index (χ4n) is 3.01. The molecule has 2 aromatic carbocycles. The van der Waals surface area contributed by atoms with Gasteiger partial charge in [0.15, 0.2) is 0 Å². The lowest BCUT2D eigenvalue weighted by Gasteiger charge is -2.04. The SMILES string of the molecule is Cc1ccc(CNC(=O)c2cc3c(NC(=O)Cc4cccc(Cl)c4)[nH]nc3s2)cc1. The van der Waals surface area contributed by atoms with Crippen LogP contribution in [-0.2, 0) is 17.8 Å². The topological polar surface area (TPSA) is 86.9 Å². The molecule has 2 amide bonds. The summed E-state index contributed by atoms with van der Waals surface area (Å²) in [5.74, 6) is 0.111. The zero-order chi connectivity index (χ0) is 21.1. The van der Waals surface area contributed by atoms with Crippen molar-refractivity contribution in [1.29, 1.82) is 0 Å². The molecule has 152 valence electrons. The number of fused-ring (bicyclic) bond motifs is 1. The number of anilines is 1. The van der Waals surface area contributed by atoms with E-state index in [1.54, 1.807) is 24.3 Å². The molecule has 0 atom stereocenters. The molecule has 4 aromatic rings. The maximum Gasteiger partial charge on any atom is 0.261 e. The van der Waals surface area contributed by atoms with Gasteiger partial charge < -0.3 is 10.6 Å². The molecule has 0 aliphatic rings.